The standard InChI is InChI=1S/C17H21NO2S/c1-2-17(8-5-9-17)11-18-10-13-12-6-3-4-7-14(12)21-15(13)16(19)20/h3-4,6-7,18H,2,5,8-11H2,1H3,(H,19,20). The summed E-state index contributed by atoms with van der Waals surface area (Å²) >= 11 is 1.38. The summed E-state index contributed by atoms with van der Waals surface area (Å²) in [6, 6.07) is 7.95. The van der Waals surface area contributed by atoms with Gasteiger partial charge >= 0.3 is 5.97 Å². The first-order valence-electron chi connectivity index (χ1n) is 7.60. The lowest BCUT2D eigenvalue weighted by Crippen LogP contribution is -2.39. The molecule has 1 fully saturated rings. The zero-order valence-corrected chi connectivity index (χ0v) is 13.1. The lowest BCUT2D eigenvalue weighted by atomic mass is 9.67. The van der Waals surface area contributed by atoms with Gasteiger partial charge in [0.15, 0.2) is 0 Å². The molecular weight excluding hydrogens is 282 g/mol. The van der Waals surface area contributed by atoms with Gasteiger partial charge < -0.3 is 10.4 Å². The van der Waals surface area contributed by atoms with Crippen molar-refractivity contribution in [3.8, 4) is 0 Å². The number of thiophene rings is 1. The third-order valence-electron chi connectivity index (χ3n) is 4.86. The Morgan fingerprint density at radius 2 is 2.14 bits per heavy atom. The van der Waals surface area contributed by atoms with E-state index in [9.17, 15) is 9.90 Å². The molecule has 0 saturated heterocycles. The molecule has 1 saturated carbocycles. The predicted molar refractivity (Wildman–Crippen MR) is 87.1 cm³/mol. The number of aromatic carboxylic acids is 1. The lowest BCUT2D eigenvalue weighted by Gasteiger charge is -2.41. The number of carboxylic acid groups (broad SMARTS) is 1. The number of carbonyl (C=O) groups is 1. The van der Waals surface area contributed by atoms with Crippen LogP contribution in [-0.4, -0.2) is 17.6 Å². The van der Waals surface area contributed by atoms with Crippen LogP contribution >= 0.6 is 11.3 Å². The van der Waals surface area contributed by atoms with E-state index < -0.39 is 5.97 Å². The minimum atomic E-state index is -0.818. The van der Waals surface area contributed by atoms with Gasteiger partial charge in [0.25, 0.3) is 0 Å². The molecule has 2 N–H and O–H groups in total. The Kier molecular flexibility index (Phi) is 4.00. The molecule has 4 heteroatoms. The Morgan fingerprint density at radius 3 is 2.76 bits per heavy atom. The molecule has 1 aliphatic carbocycles. The lowest BCUT2D eigenvalue weighted by molar-refractivity contribution is 0.0701. The second-order valence-electron chi connectivity index (χ2n) is 6.02. The van der Waals surface area contributed by atoms with Crippen molar-refractivity contribution in [3.63, 3.8) is 0 Å². The van der Waals surface area contributed by atoms with E-state index in [1.165, 1.54) is 37.0 Å². The molecule has 0 spiro atoms. The Bertz CT molecular complexity index is 652. The molecule has 0 amide bonds. The van der Waals surface area contributed by atoms with Gasteiger partial charge in [-0.05, 0) is 41.7 Å². The molecule has 0 unspecified atom stereocenters. The molecule has 1 heterocycles. The molecule has 0 aliphatic heterocycles. The van der Waals surface area contributed by atoms with Gasteiger partial charge in [0.05, 0.1) is 0 Å². The first kappa shape index (κ1) is 14.5. The fourth-order valence-corrected chi connectivity index (χ4v) is 4.29. The highest BCUT2D eigenvalue weighted by molar-refractivity contribution is 7.21. The molecule has 3 nitrogen and oxygen atoms in total. The van der Waals surface area contributed by atoms with E-state index in [4.69, 9.17) is 0 Å². The SMILES string of the molecule is CCC1(CNCc2c(C(=O)O)sc3ccccc23)CCC1. The summed E-state index contributed by atoms with van der Waals surface area (Å²) in [5, 5.41) is 14.0. The number of fused-ring (bicyclic) bond motifs is 1. The Balaban J connectivity index is 1.79. The molecule has 21 heavy (non-hydrogen) atoms. The molecule has 2 aromatic rings. The van der Waals surface area contributed by atoms with Crippen LogP contribution in [0.3, 0.4) is 0 Å². The molecule has 1 aromatic carbocycles. The molecular formula is C17H21NO2S. The van der Waals surface area contributed by atoms with Gasteiger partial charge in [-0.25, -0.2) is 4.79 Å². The van der Waals surface area contributed by atoms with Crippen molar-refractivity contribution in [2.75, 3.05) is 6.54 Å². The molecule has 112 valence electrons. The third kappa shape index (κ3) is 2.70. The fraction of sp³-hybridized carbons (Fsp3) is 0.471. The molecule has 0 bridgehead atoms. The predicted octanol–water partition coefficient (Wildman–Crippen LogP) is 4.27. The zero-order chi connectivity index (χ0) is 14.9. The van der Waals surface area contributed by atoms with E-state index in [1.54, 1.807) is 0 Å². The Labute approximate surface area is 129 Å². The number of nitrogens with one attached hydrogen (secondary N) is 1. The van der Waals surface area contributed by atoms with Crippen LogP contribution in [0.15, 0.2) is 24.3 Å². The van der Waals surface area contributed by atoms with Crippen LogP contribution in [0.1, 0.15) is 47.8 Å². The largest absolute Gasteiger partial charge is 0.477 e. The van der Waals surface area contributed by atoms with Crippen molar-refractivity contribution in [1.29, 1.82) is 0 Å². The number of carboxylic acids is 1. The average molecular weight is 303 g/mol. The number of benzene rings is 1. The second kappa shape index (κ2) is 5.78. The van der Waals surface area contributed by atoms with Crippen molar-refractivity contribution in [2.45, 2.75) is 39.2 Å². The normalized spacial score (nSPS) is 16.8. The maximum atomic E-state index is 11.5. The van der Waals surface area contributed by atoms with Gasteiger partial charge in [0.1, 0.15) is 4.88 Å². The van der Waals surface area contributed by atoms with Gasteiger partial charge in [-0.1, -0.05) is 31.5 Å². The van der Waals surface area contributed by atoms with Crippen LogP contribution in [0, 0.1) is 5.41 Å². The van der Waals surface area contributed by atoms with Crippen LogP contribution in [0.2, 0.25) is 0 Å². The summed E-state index contributed by atoms with van der Waals surface area (Å²) < 4.78 is 1.06. The quantitative estimate of drug-likeness (QED) is 0.838. The second-order valence-corrected chi connectivity index (χ2v) is 7.07. The van der Waals surface area contributed by atoms with Crippen molar-refractivity contribution >= 4 is 27.4 Å². The molecule has 0 radical (unpaired) electrons. The van der Waals surface area contributed by atoms with E-state index in [1.807, 2.05) is 24.3 Å². The van der Waals surface area contributed by atoms with Crippen LogP contribution in [0.4, 0.5) is 0 Å². The van der Waals surface area contributed by atoms with Crippen LogP contribution in [-0.2, 0) is 6.54 Å². The smallest absolute Gasteiger partial charge is 0.346 e. The van der Waals surface area contributed by atoms with Crippen molar-refractivity contribution in [2.24, 2.45) is 5.41 Å². The van der Waals surface area contributed by atoms with Crippen LogP contribution in [0.25, 0.3) is 10.1 Å². The monoisotopic (exact) mass is 303 g/mol. The summed E-state index contributed by atoms with van der Waals surface area (Å²) in [6.07, 6.45) is 5.13. The molecule has 3 rings (SSSR count). The van der Waals surface area contributed by atoms with E-state index in [0.717, 1.165) is 22.2 Å². The Hall–Kier alpha value is -1.39. The summed E-state index contributed by atoms with van der Waals surface area (Å²) in [7, 11) is 0. The van der Waals surface area contributed by atoms with Crippen LogP contribution in [0.5, 0.6) is 0 Å². The average Bonchev–Trinajstić information content (AvgIpc) is 2.81. The highest BCUT2D eigenvalue weighted by Gasteiger charge is 2.34. The van der Waals surface area contributed by atoms with Crippen molar-refractivity contribution in [1.82, 2.24) is 5.32 Å². The van der Waals surface area contributed by atoms with Crippen molar-refractivity contribution < 1.29 is 9.90 Å². The maximum absolute atomic E-state index is 11.5. The molecule has 1 aromatic heterocycles. The van der Waals surface area contributed by atoms with Crippen LogP contribution < -0.4 is 5.32 Å². The van der Waals surface area contributed by atoms with E-state index >= 15 is 0 Å². The number of hydrogen-bond acceptors (Lipinski definition) is 3. The van der Waals surface area contributed by atoms with E-state index in [0.29, 0.717) is 16.8 Å². The van der Waals surface area contributed by atoms with Gasteiger partial charge in [0.2, 0.25) is 0 Å². The Morgan fingerprint density at radius 1 is 1.38 bits per heavy atom. The van der Waals surface area contributed by atoms with Gasteiger partial charge in [-0.2, -0.15) is 0 Å². The first-order valence-corrected chi connectivity index (χ1v) is 8.41. The first-order chi connectivity index (χ1) is 10.2. The number of hydrogen-bond donors (Lipinski definition) is 2. The van der Waals surface area contributed by atoms with Gasteiger partial charge in [-0.15, -0.1) is 11.3 Å². The highest BCUT2D eigenvalue weighted by atomic mass is 32.1. The summed E-state index contributed by atoms with van der Waals surface area (Å²) in [4.78, 5) is 11.9. The minimum Gasteiger partial charge on any atom is -0.477 e. The summed E-state index contributed by atoms with van der Waals surface area (Å²) in [5.74, 6) is -0.818. The summed E-state index contributed by atoms with van der Waals surface area (Å²) in [6.45, 7) is 3.89. The number of rotatable bonds is 6. The zero-order valence-electron chi connectivity index (χ0n) is 12.3. The molecule has 0 atom stereocenters. The van der Waals surface area contributed by atoms with E-state index in [2.05, 4.69) is 12.2 Å². The van der Waals surface area contributed by atoms with Crippen molar-refractivity contribution in [3.05, 3.63) is 34.7 Å². The van der Waals surface area contributed by atoms with Gasteiger partial charge in [0, 0.05) is 17.8 Å². The topological polar surface area (TPSA) is 49.3 Å². The molecule has 1 aliphatic rings. The van der Waals surface area contributed by atoms with Gasteiger partial charge in [-0.3, -0.25) is 0 Å². The third-order valence-corrected chi connectivity index (χ3v) is 6.06. The van der Waals surface area contributed by atoms with E-state index in [-0.39, 0.29) is 0 Å². The minimum absolute atomic E-state index is 0.454. The fourth-order valence-electron chi connectivity index (χ4n) is 3.23. The maximum Gasteiger partial charge on any atom is 0.346 e. The summed E-state index contributed by atoms with van der Waals surface area (Å²) in [5.41, 5.74) is 1.39. The highest BCUT2D eigenvalue weighted by Crippen LogP contribution is 2.43.